The molecule has 0 aliphatic rings. The summed E-state index contributed by atoms with van der Waals surface area (Å²) in [7, 11) is 3.87. The molecule has 86 valence electrons. The summed E-state index contributed by atoms with van der Waals surface area (Å²) in [5, 5.41) is 3.93. The van der Waals surface area contributed by atoms with Crippen molar-refractivity contribution in [2.45, 2.75) is 13.0 Å². The lowest BCUT2D eigenvalue weighted by atomic mass is 10.1. The van der Waals surface area contributed by atoms with Crippen molar-refractivity contribution in [3.05, 3.63) is 28.8 Å². The Kier molecular flexibility index (Phi) is 4.67. The summed E-state index contributed by atoms with van der Waals surface area (Å²) in [6, 6.07) is 6.26. The Labute approximate surface area is 103 Å². The Bertz CT molecular complexity index is 395. The number of nitrogens with zero attached hydrogens (tertiary/aromatic N) is 1. The Hall–Kier alpha value is -1.17. The van der Waals surface area contributed by atoms with E-state index in [1.54, 1.807) is 0 Å². The molecule has 3 heteroatoms. The maximum absolute atomic E-state index is 6.23. The van der Waals surface area contributed by atoms with Crippen LogP contribution in [0.15, 0.2) is 18.2 Å². The fourth-order valence-electron chi connectivity index (χ4n) is 1.49. The highest BCUT2D eigenvalue weighted by atomic mass is 35.5. The Morgan fingerprint density at radius 3 is 2.75 bits per heavy atom. The summed E-state index contributed by atoms with van der Waals surface area (Å²) in [6.07, 6.45) is 5.27. The monoisotopic (exact) mass is 236 g/mol. The van der Waals surface area contributed by atoms with E-state index in [1.807, 2.05) is 37.2 Å². The van der Waals surface area contributed by atoms with Gasteiger partial charge in [0.25, 0.3) is 0 Å². The first-order valence-electron chi connectivity index (χ1n) is 5.21. The molecule has 0 radical (unpaired) electrons. The van der Waals surface area contributed by atoms with Crippen LogP contribution in [-0.4, -0.2) is 20.6 Å². The van der Waals surface area contributed by atoms with Gasteiger partial charge in [-0.3, -0.25) is 0 Å². The fourth-order valence-corrected chi connectivity index (χ4v) is 1.83. The van der Waals surface area contributed by atoms with Gasteiger partial charge in [-0.25, -0.2) is 0 Å². The zero-order valence-electron chi connectivity index (χ0n) is 9.92. The quantitative estimate of drug-likeness (QED) is 0.809. The molecule has 0 aliphatic carbocycles. The normalized spacial score (nSPS) is 11.9. The zero-order chi connectivity index (χ0) is 12.1. The van der Waals surface area contributed by atoms with E-state index in [-0.39, 0.29) is 6.04 Å². The average Bonchev–Trinajstić information content (AvgIpc) is 2.28. The lowest BCUT2D eigenvalue weighted by Gasteiger charge is -2.19. The minimum absolute atomic E-state index is 0.250. The molecule has 1 aromatic rings. The molecule has 0 amide bonds. The van der Waals surface area contributed by atoms with Gasteiger partial charge >= 0.3 is 0 Å². The SMILES string of the molecule is C#CCN(C)c1ccc(C(C)NC)c(Cl)c1. The molecule has 1 aromatic carbocycles. The molecule has 1 rings (SSSR count). The molecule has 0 heterocycles. The molecule has 0 spiro atoms. The highest BCUT2D eigenvalue weighted by molar-refractivity contribution is 6.31. The van der Waals surface area contributed by atoms with Crippen molar-refractivity contribution in [3.63, 3.8) is 0 Å². The Morgan fingerprint density at radius 1 is 1.56 bits per heavy atom. The Morgan fingerprint density at radius 2 is 2.25 bits per heavy atom. The standard InChI is InChI=1S/C13H17ClN2/c1-5-8-16(4)11-6-7-12(10(2)15-3)13(14)9-11/h1,6-7,9-10,15H,8H2,2-4H3. The molecular weight excluding hydrogens is 220 g/mol. The molecule has 1 N–H and O–H groups in total. The van der Waals surface area contributed by atoms with Gasteiger partial charge in [-0.05, 0) is 31.7 Å². The van der Waals surface area contributed by atoms with Crippen LogP contribution in [0.4, 0.5) is 5.69 Å². The largest absolute Gasteiger partial charge is 0.363 e. The third-order valence-corrected chi connectivity index (χ3v) is 2.98. The lowest BCUT2D eigenvalue weighted by Crippen LogP contribution is -2.17. The van der Waals surface area contributed by atoms with Crippen LogP contribution in [0.1, 0.15) is 18.5 Å². The highest BCUT2D eigenvalue weighted by Gasteiger charge is 2.09. The summed E-state index contributed by atoms with van der Waals surface area (Å²) >= 11 is 6.23. The third-order valence-electron chi connectivity index (χ3n) is 2.65. The summed E-state index contributed by atoms with van der Waals surface area (Å²) in [4.78, 5) is 1.99. The van der Waals surface area contributed by atoms with Crippen molar-refractivity contribution in [1.29, 1.82) is 0 Å². The van der Waals surface area contributed by atoms with E-state index in [0.29, 0.717) is 6.54 Å². The number of terminal acetylenes is 1. The van der Waals surface area contributed by atoms with Gasteiger partial charge in [-0.2, -0.15) is 0 Å². The summed E-state index contributed by atoms with van der Waals surface area (Å²) in [5.74, 6) is 2.60. The second kappa shape index (κ2) is 5.79. The van der Waals surface area contributed by atoms with Crippen molar-refractivity contribution < 1.29 is 0 Å². The first kappa shape index (κ1) is 12.9. The molecule has 0 aromatic heterocycles. The third kappa shape index (κ3) is 2.91. The van der Waals surface area contributed by atoms with E-state index < -0.39 is 0 Å². The molecule has 0 saturated carbocycles. The maximum atomic E-state index is 6.23. The summed E-state index contributed by atoms with van der Waals surface area (Å²) in [5.41, 5.74) is 2.14. The average molecular weight is 237 g/mol. The van der Waals surface area contributed by atoms with Crippen molar-refractivity contribution >= 4 is 17.3 Å². The molecular formula is C13H17ClN2. The molecule has 16 heavy (non-hydrogen) atoms. The molecule has 2 nitrogen and oxygen atoms in total. The van der Waals surface area contributed by atoms with Crippen LogP contribution in [0, 0.1) is 12.3 Å². The van der Waals surface area contributed by atoms with Gasteiger partial charge in [0.2, 0.25) is 0 Å². The van der Waals surface area contributed by atoms with Gasteiger partial charge in [0.05, 0.1) is 6.54 Å². The number of anilines is 1. The predicted molar refractivity (Wildman–Crippen MR) is 71.0 cm³/mol. The van der Waals surface area contributed by atoms with Gasteiger partial charge < -0.3 is 10.2 Å². The molecule has 0 saturated heterocycles. The smallest absolute Gasteiger partial charge is 0.0788 e. The van der Waals surface area contributed by atoms with Crippen LogP contribution in [0.2, 0.25) is 5.02 Å². The van der Waals surface area contributed by atoms with Crippen LogP contribution in [0.3, 0.4) is 0 Å². The van der Waals surface area contributed by atoms with Crippen molar-refractivity contribution in [1.82, 2.24) is 5.32 Å². The van der Waals surface area contributed by atoms with Crippen molar-refractivity contribution in [2.75, 3.05) is 25.5 Å². The minimum Gasteiger partial charge on any atom is -0.363 e. The maximum Gasteiger partial charge on any atom is 0.0788 e. The number of nitrogens with one attached hydrogen (secondary N) is 1. The van der Waals surface area contributed by atoms with E-state index in [9.17, 15) is 0 Å². The molecule has 1 atom stereocenters. The van der Waals surface area contributed by atoms with E-state index in [4.69, 9.17) is 18.0 Å². The van der Waals surface area contributed by atoms with Crippen LogP contribution in [0.25, 0.3) is 0 Å². The number of rotatable bonds is 4. The van der Waals surface area contributed by atoms with Gasteiger partial charge in [0, 0.05) is 23.8 Å². The molecule has 0 aliphatic heterocycles. The molecule has 0 fully saturated rings. The van der Waals surface area contributed by atoms with Crippen molar-refractivity contribution in [2.24, 2.45) is 0 Å². The summed E-state index contributed by atoms with van der Waals surface area (Å²) in [6.45, 7) is 2.66. The van der Waals surface area contributed by atoms with Gasteiger partial charge in [-0.15, -0.1) is 6.42 Å². The van der Waals surface area contributed by atoms with Gasteiger partial charge in [0.15, 0.2) is 0 Å². The van der Waals surface area contributed by atoms with Crippen LogP contribution < -0.4 is 10.2 Å². The van der Waals surface area contributed by atoms with Gasteiger partial charge in [-0.1, -0.05) is 23.6 Å². The molecule has 1 unspecified atom stereocenters. The van der Waals surface area contributed by atoms with Crippen LogP contribution in [0.5, 0.6) is 0 Å². The second-order valence-corrected chi connectivity index (χ2v) is 4.18. The first-order valence-corrected chi connectivity index (χ1v) is 5.59. The van der Waals surface area contributed by atoms with Crippen molar-refractivity contribution in [3.8, 4) is 12.3 Å². The van der Waals surface area contributed by atoms with Crippen LogP contribution in [-0.2, 0) is 0 Å². The topological polar surface area (TPSA) is 15.3 Å². The van der Waals surface area contributed by atoms with Crippen LogP contribution >= 0.6 is 11.6 Å². The fraction of sp³-hybridized carbons (Fsp3) is 0.385. The second-order valence-electron chi connectivity index (χ2n) is 3.78. The van der Waals surface area contributed by atoms with E-state index in [1.165, 1.54) is 0 Å². The highest BCUT2D eigenvalue weighted by Crippen LogP contribution is 2.27. The zero-order valence-corrected chi connectivity index (χ0v) is 10.7. The predicted octanol–water partition coefficient (Wildman–Crippen LogP) is 2.69. The van der Waals surface area contributed by atoms with E-state index in [0.717, 1.165) is 16.3 Å². The summed E-state index contributed by atoms with van der Waals surface area (Å²) < 4.78 is 0. The first-order chi connectivity index (χ1) is 7.60. The minimum atomic E-state index is 0.250. The Balaban J connectivity index is 2.95. The molecule has 0 bridgehead atoms. The van der Waals surface area contributed by atoms with E-state index >= 15 is 0 Å². The van der Waals surface area contributed by atoms with Gasteiger partial charge in [0.1, 0.15) is 0 Å². The number of halogens is 1. The van der Waals surface area contributed by atoms with E-state index in [2.05, 4.69) is 18.2 Å². The lowest BCUT2D eigenvalue weighted by molar-refractivity contribution is 0.652. The number of hydrogen-bond donors (Lipinski definition) is 1. The number of benzene rings is 1. The number of hydrogen-bond acceptors (Lipinski definition) is 2.